The fourth-order valence-electron chi connectivity index (χ4n) is 8.85. The normalized spacial score (nSPS) is 21.0. The van der Waals surface area contributed by atoms with E-state index in [1.807, 2.05) is 59.5 Å². The van der Waals surface area contributed by atoms with E-state index in [2.05, 4.69) is 15.7 Å². The Morgan fingerprint density at radius 2 is 1.70 bits per heavy atom. The third kappa shape index (κ3) is 5.11. The van der Waals surface area contributed by atoms with E-state index in [1.54, 1.807) is 18.3 Å². The van der Waals surface area contributed by atoms with Gasteiger partial charge in [0.2, 0.25) is 0 Å². The molecule has 3 aromatic carbocycles. The largest absolute Gasteiger partial charge is 0.461 e. The van der Waals surface area contributed by atoms with Gasteiger partial charge in [0.1, 0.15) is 29.4 Å². The number of carbonyl (C=O) groups excluding carboxylic acids is 1. The molecule has 0 N–H and O–H groups in total. The Bertz CT molecular complexity index is 2140. The lowest BCUT2D eigenvalue weighted by molar-refractivity contribution is 0.107. The zero-order valence-corrected chi connectivity index (χ0v) is 27.7. The number of hydrogen-bond donors (Lipinski definition) is 0. The standard InChI is InChI=1S/C40H37FN6O3/c1-2-26-10-6-11-27-12-7-15-31(33(26)27)35-34(41)36-32(22-42-35)37(44-38(43-36)49-25-40-18-8-20-46(40)21-9-19-40)45-23-28-16-17-29(24-45)47(28)39(48)50-30-13-4-3-5-14-30/h1,3-7,10-15,22,28-29H,8-9,16-21,23-25H2/t28-,29+. The molecule has 6 heterocycles. The second-order valence-electron chi connectivity index (χ2n) is 14.0. The Hall–Kier alpha value is -5.27. The van der Waals surface area contributed by atoms with Gasteiger partial charge in [0.25, 0.3) is 0 Å². The van der Waals surface area contributed by atoms with Gasteiger partial charge in [-0.25, -0.2) is 9.18 Å². The Balaban J connectivity index is 1.10. The summed E-state index contributed by atoms with van der Waals surface area (Å²) in [6.07, 6.45) is 13.3. The molecule has 2 bridgehead atoms. The molecule has 0 unspecified atom stereocenters. The van der Waals surface area contributed by atoms with E-state index in [0.717, 1.165) is 62.4 Å². The van der Waals surface area contributed by atoms with Crippen LogP contribution >= 0.6 is 0 Å². The predicted molar refractivity (Wildman–Crippen MR) is 190 cm³/mol. The number of carbonyl (C=O) groups is 1. The molecule has 4 saturated heterocycles. The monoisotopic (exact) mass is 668 g/mol. The maximum atomic E-state index is 17.0. The molecule has 10 heteroatoms. The molecule has 9 rings (SSSR count). The highest BCUT2D eigenvalue weighted by atomic mass is 19.1. The van der Waals surface area contributed by atoms with Gasteiger partial charge in [-0.15, -0.1) is 6.42 Å². The van der Waals surface area contributed by atoms with Crippen molar-refractivity contribution in [3.05, 3.63) is 84.3 Å². The highest BCUT2D eigenvalue weighted by Crippen LogP contribution is 2.41. The predicted octanol–water partition coefficient (Wildman–Crippen LogP) is 6.82. The van der Waals surface area contributed by atoms with Crippen LogP contribution in [0.4, 0.5) is 15.0 Å². The minimum Gasteiger partial charge on any atom is -0.461 e. The van der Waals surface area contributed by atoms with E-state index in [1.165, 1.54) is 0 Å². The highest BCUT2D eigenvalue weighted by molar-refractivity contribution is 6.02. The summed E-state index contributed by atoms with van der Waals surface area (Å²) in [5.41, 5.74) is 1.57. The van der Waals surface area contributed by atoms with Crippen LogP contribution in [-0.4, -0.2) is 81.3 Å². The van der Waals surface area contributed by atoms with Gasteiger partial charge in [0.15, 0.2) is 5.82 Å². The molecule has 2 atom stereocenters. The second-order valence-corrected chi connectivity index (χ2v) is 14.0. The molecule has 2 aromatic heterocycles. The molecule has 4 aliphatic heterocycles. The molecule has 252 valence electrons. The van der Waals surface area contributed by atoms with Crippen LogP contribution in [0.25, 0.3) is 32.9 Å². The summed E-state index contributed by atoms with van der Waals surface area (Å²) in [7, 11) is 0. The summed E-state index contributed by atoms with van der Waals surface area (Å²) in [4.78, 5) is 34.3. The molecule has 4 aliphatic rings. The fourth-order valence-corrected chi connectivity index (χ4v) is 8.85. The van der Waals surface area contributed by atoms with E-state index in [9.17, 15) is 4.79 Å². The van der Waals surface area contributed by atoms with Gasteiger partial charge in [-0.2, -0.15) is 9.97 Å². The van der Waals surface area contributed by atoms with Crippen molar-refractivity contribution in [3.63, 3.8) is 0 Å². The van der Waals surface area contributed by atoms with Gasteiger partial charge < -0.3 is 14.4 Å². The van der Waals surface area contributed by atoms with Crippen molar-refractivity contribution in [2.75, 3.05) is 37.7 Å². The number of nitrogens with zero attached hydrogens (tertiary/aromatic N) is 6. The first kappa shape index (κ1) is 30.8. The first-order chi connectivity index (χ1) is 24.5. The number of ether oxygens (including phenoxy) is 2. The van der Waals surface area contributed by atoms with E-state index < -0.39 is 5.82 Å². The number of rotatable bonds is 6. The summed E-state index contributed by atoms with van der Waals surface area (Å²) in [5.74, 6) is 3.28. The van der Waals surface area contributed by atoms with Crippen molar-refractivity contribution >= 4 is 33.6 Å². The van der Waals surface area contributed by atoms with Gasteiger partial charge in [0, 0.05) is 35.8 Å². The summed E-state index contributed by atoms with van der Waals surface area (Å²) >= 11 is 0. The number of aromatic nitrogens is 3. The maximum Gasteiger partial charge on any atom is 0.415 e. The quantitative estimate of drug-likeness (QED) is 0.182. The number of halogens is 1. The van der Waals surface area contributed by atoms with E-state index in [0.29, 0.717) is 47.8 Å². The van der Waals surface area contributed by atoms with Crippen molar-refractivity contribution < 1.29 is 18.7 Å². The van der Waals surface area contributed by atoms with Crippen LogP contribution in [0, 0.1) is 18.2 Å². The number of fused-ring (bicyclic) bond motifs is 5. The number of hydrogen-bond acceptors (Lipinski definition) is 8. The Morgan fingerprint density at radius 3 is 2.44 bits per heavy atom. The first-order valence-electron chi connectivity index (χ1n) is 17.5. The lowest BCUT2D eigenvalue weighted by Gasteiger charge is -2.41. The molecular weight excluding hydrogens is 631 g/mol. The van der Waals surface area contributed by atoms with Gasteiger partial charge in [0.05, 0.1) is 23.0 Å². The fraction of sp³-hybridized carbons (Fsp3) is 0.350. The van der Waals surface area contributed by atoms with Crippen LogP contribution in [0.1, 0.15) is 44.1 Å². The van der Waals surface area contributed by atoms with Crippen molar-refractivity contribution in [1.29, 1.82) is 0 Å². The van der Waals surface area contributed by atoms with Crippen molar-refractivity contribution in [1.82, 2.24) is 24.8 Å². The molecule has 0 spiro atoms. The molecule has 4 fully saturated rings. The Labute approximate surface area is 290 Å². The van der Waals surface area contributed by atoms with Gasteiger partial charge in [-0.3, -0.25) is 14.8 Å². The SMILES string of the molecule is C#Cc1cccc2cccc(-c3ncc4c(N5C[C@H]6CC[C@@H](C5)N6C(=O)Oc5ccccc5)nc(OCC56CCCN5CCC6)nc4c3F)c12. The number of amides is 1. The smallest absolute Gasteiger partial charge is 0.415 e. The molecule has 0 radical (unpaired) electrons. The zero-order valence-electron chi connectivity index (χ0n) is 27.7. The van der Waals surface area contributed by atoms with Crippen LogP contribution in [0.3, 0.4) is 0 Å². The maximum absolute atomic E-state index is 17.0. The van der Waals surface area contributed by atoms with Crippen molar-refractivity contribution in [2.45, 2.75) is 56.1 Å². The third-order valence-corrected chi connectivity index (χ3v) is 11.2. The lowest BCUT2D eigenvalue weighted by atomic mass is 9.95. The Kier molecular flexibility index (Phi) is 7.54. The molecule has 50 heavy (non-hydrogen) atoms. The lowest BCUT2D eigenvalue weighted by Crippen LogP contribution is -2.56. The van der Waals surface area contributed by atoms with Crippen LogP contribution in [0.5, 0.6) is 11.8 Å². The van der Waals surface area contributed by atoms with Crippen LogP contribution in [0.2, 0.25) is 0 Å². The molecule has 0 saturated carbocycles. The number of para-hydroxylation sites is 1. The van der Waals surface area contributed by atoms with Gasteiger partial charge >= 0.3 is 12.1 Å². The summed E-state index contributed by atoms with van der Waals surface area (Å²) < 4.78 is 29.2. The average molecular weight is 669 g/mol. The highest BCUT2D eigenvalue weighted by Gasteiger charge is 2.46. The number of benzene rings is 3. The third-order valence-electron chi connectivity index (χ3n) is 11.2. The van der Waals surface area contributed by atoms with Crippen molar-refractivity contribution in [2.24, 2.45) is 0 Å². The summed E-state index contributed by atoms with van der Waals surface area (Å²) in [6.45, 7) is 3.63. The van der Waals surface area contributed by atoms with E-state index in [-0.39, 0.29) is 40.9 Å². The molecular formula is C40H37FN6O3. The zero-order chi connectivity index (χ0) is 33.8. The topological polar surface area (TPSA) is 83.9 Å². The number of terminal acetylenes is 1. The second kappa shape index (κ2) is 12.3. The number of anilines is 1. The van der Waals surface area contributed by atoms with Crippen LogP contribution < -0.4 is 14.4 Å². The minimum atomic E-state index is -0.551. The van der Waals surface area contributed by atoms with Crippen LogP contribution in [-0.2, 0) is 0 Å². The minimum absolute atomic E-state index is 0.0289. The molecule has 1 amide bonds. The van der Waals surface area contributed by atoms with Crippen LogP contribution in [0.15, 0.2) is 72.9 Å². The average Bonchev–Trinajstić information content (AvgIpc) is 3.81. The van der Waals surface area contributed by atoms with E-state index >= 15 is 4.39 Å². The number of piperazine rings is 1. The molecule has 9 nitrogen and oxygen atoms in total. The molecule has 0 aliphatic carbocycles. The van der Waals surface area contributed by atoms with Gasteiger partial charge in [-0.05, 0) is 75.2 Å². The molecule has 5 aromatic rings. The summed E-state index contributed by atoms with van der Waals surface area (Å²) in [5, 5.41) is 2.17. The first-order valence-corrected chi connectivity index (χ1v) is 17.5. The van der Waals surface area contributed by atoms with Crippen molar-refractivity contribution in [3.8, 4) is 35.4 Å². The number of pyridine rings is 1. The summed E-state index contributed by atoms with van der Waals surface area (Å²) in [6, 6.07) is 20.5. The Morgan fingerprint density at radius 1 is 0.960 bits per heavy atom. The van der Waals surface area contributed by atoms with Gasteiger partial charge in [-0.1, -0.05) is 54.5 Å². The van der Waals surface area contributed by atoms with E-state index in [4.69, 9.17) is 30.8 Å².